The molecule has 0 saturated carbocycles. The quantitative estimate of drug-likeness (QED) is 0.310. The van der Waals surface area contributed by atoms with Crippen molar-refractivity contribution in [3.8, 4) is 0 Å². The molecule has 0 aromatic heterocycles. The van der Waals surface area contributed by atoms with E-state index < -0.39 is 0 Å². The summed E-state index contributed by atoms with van der Waals surface area (Å²) < 4.78 is 0. The zero-order valence-corrected chi connectivity index (χ0v) is 12.4. The Morgan fingerprint density at radius 2 is 1.91 bits per heavy atom. The molecule has 0 aliphatic carbocycles. The van der Waals surface area contributed by atoms with Crippen LogP contribution in [-0.4, -0.2) is 0 Å². The SMILES string of the molecule is CCc1cccc([P-2])c1.[Na+].[Na+]. The first-order chi connectivity index (χ1) is 4.33. The Bertz CT molecular complexity index is 201. The van der Waals surface area contributed by atoms with Crippen molar-refractivity contribution in [3.63, 3.8) is 0 Å². The minimum absolute atomic E-state index is 0. The summed E-state index contributed by atoms with van der Waals surface area (Å²) >= 11 is 0. The van der Waals surface area contributed by atoms with E-state index in [0.717, 1.165) is 11.7 Å². The van der Waals surface area contributed by atoms with Crippen LogP contribution in [0, 0.1) is 0 Å². The Balaban J connectivity index is 0. The zero-order chi connectivity index (χ0) is 6.69. The van der Waals surface area contributed by atoms with Gasteiger partial charge in [0.05, 0.1) is 0 Å². The van der Waals surface area contributed by atoms with Crippen LogP contribution in [0.25, 0.3) is 0 Å². The fourth-order valence-electron chi connectivity index (χ4n) is 0.776. The van der Waals surface area contributed by atoms with Crippen LogP contribution >= 0.6 is 9.24 Å². The zero-order valence-electron chi connectivity index (χ0n) is 7.46. The molecule has 1 rings (SSSR count). The smallest absolute Gasteiger partial charge is 1.00 e. The van der Waals surface area contributed by atoms with Crippen molar-refractivity contribution in [2.45, 2.75) is 13.3 Å². The molecule has 0 heterocycles. The van der Waals surface area contributed by atoms with E-state index in [-0.39, 0.29) is 59.1 Å². The van der Waals surface area contributed by atoms with Gasteiger partial charge in [-0.05, 0) is 6.42 Å². The van der Waals surface area contributed by atoms with E-state index in [0.29, 0.717) is 0 Å². The Labute approximate surface area is 115 Å². The van der Waals surface area contributed by atoms with Gasteiger partial charge in [0.25, 0.3) is 0 Å². The van der Waals surface area contributed by atoms with Gasteiger partial charge in [-0.25, -0.2) is 0 Å². The van der Waals surface area contributed by atoms with Crippen molar-refractivity contribution >= 4 is 14.5 Å². The summed E-state index contributed by atoms with van der Waals surface area (Å²) in [6, 6.07) is 8.21. The Kier molecular flexibility index (Phi) is 11.4. The first-order valence-electron chi connectivity index (χ1n) is 3.11. The predicted molar refractivity (Wildman–Crippen MR) is 42.4 cm³/mol. The maximum atomic E-state index is 4.21. The standard InChI is InChI=1S/C8H9P.2Na/c1-2-7-4-3-5-8(9)6-7;;/h3-6H,2H2,1H3;;/q-2;2*+1. The molecular formula is C8H9Na2P. The number of hydrogen-bond acceptors (Lipinski definition) is 0. The third kappa shape index (κ3) is 5.82. The molecule has 0 saturated heterocycles. The van der Waals surface area contributed by atoms with Gasteiger partial charge < -0.3 is 14.5 Å². The second-order valence-electron chi connectivity index (χ2n) is 2.02. The van der Waals surface area contributed by atoms with Crippen molar-refractivity contribution in [3.05, 3.63) is 29.8 Å². The van der Waals surface area contributed by atoms with Gasteiger partial charge in [-0.2, -0.15) is 0 Å². The Morgan fingerprint density at radius 1 is 1.27 bits per heavy atom. The molecule has 0 aliphatic rings. The van der Waals surface area contributed by atoms with E-state index in [4.69, 9.17) is 0 Å². The van der Waals surface area contributed by atoms with E-state index in [1.807, 2.05) is 12.1 Å². The molecule has 3 heteroatoms. The molecule has 0 nitrogen and oxygen atoms in total. The van der Waals surface area contributed by atoms with E-state index >= 15 is 0 Å². The monoisotopic (exact) mass is 182 g/mol. The summed E-state index contributed by atoms with van der Waals surface area (Å²) in [4.78, 5) is 0. The summed E-state index contributed by atoms with van der Waals surface area (Å²) in [5.41, 5.74) is 1.35. The van der Waals surface area contributed by atoms with Crippen LogP contribution in [0.2, 0.25) is 0 Å². The summed E-state index contributed by atoms with van der Waals surface area (Å²) in [5, 5.41) is 1.05. The van der Waals surface area contributed by atoms with Crippen molar-refractivity contribution < 1.29 is 59.1 Å². The van der Waals surface area contributed by atoms with E-state index in [1.54, 1.807) is 0 Å². The van der Waals surface area contributed by atoms with Gasteiger partial charge >= 0.3 is 59.1 Å². The molecule has 0 unspecified atom stereocenters. The summed E-state index contributed by atoms with van der Waals surface area (Å²) in [6.07, 6.45) is 1.09. The average Bonchev–Trinajstić information content (AvgIpc) is 1.88. The minimum atomic E-state index is 0. The molecule has 0 spiro atoms. The number of aryl methyl sites for hydroxylation is 1. The summed E-state index contributed by atoms with van der Waals surface area (Å²) in [5.74, 6) is 0. The molecular weight excluding hydrogens is 173 g/mol. The van der Waals surface area contributed by atoms with Gasteiger partial charge in [-0.15, -0.1) is 12.1 Å². The molecule has 0 amide bonds. The fraction of sp³-hybridized carbons (Fsp3) is 0.250. The second kappa shape index (κ2) is 8.26. The van der Waals surface area contributed by atoms with Gasteiger partial charge in [0.15, 0.2) is 0 Å². The topological polar surface area (TPSA) is 0 Å². The molecule has 1 aromatic rings. The van der Waals surface area contributed by atoms with E-state index in [9.17, 15) is 0 Å². The van der Waals surface area contributed by atoms with Crippen LogP contribution in [0.4, 0.5) is 0 Å². The van der Waals surface area contributed by atoms with Crippen molar-refractivity contribution in [1.82, 2.24) is 0 Å². The van der Waals surface area contributed by atoms with Gasteiger partial charge in [0.2, 0.25) is 0 Å². The van der Waals surface area contributed by atoms with E-state index in [1.165, 1.54) is 5.56 Å². The van der Waals surface area contributed by atoms with Crippen LogP contribution in [0.5, 0.6) is 0 Å². The molecule has 0 aliphatic heterocycles. The van der Waals surface area contributed by atoms with E-state index in [2.05, 4.69) is 28.3 Å². The third-order valence-electron chi connectivity index (χ3n) is 1.32. The Hall–Kier alpha value is 1.65. The van der Waals surface area contributed by atoms with Crippen molar-refractivity contribution in [1.29, 1.82) is 0 Å². The first-order valence-corrected chi connectivity index (χ1v) is 3.55. The molecule has 0 atom stereocenters. The molecule has 0 radical (unpaired) electrons. The predicted octanol–water partition coefficient (Wildman–Crippen LogP) is -3.71. The fourth-order valence-corrected chi connectivity index (χ4v) is 1.03. The normalized spacial score (nSPS) is 7.82. The maximum Gasteiger partial charge on any atom is 1.00 e. The average molecular weight is 182 g/mol. The minimum Gasteiger partial charge on any atom is -1.45 e. The van der Waals surface area contributed by atoms with Gasteiger partial charge in [-0.1, -0.05) is 24.6 Å². The maximum absolute atomic E-state index is 4.21. The number of hydrogen-bond donors (Lipinski definition) is 0. The molecule has 48 valence electrons. The third-order valence-corrected chi connectivity index (χ3v) is 1.60. The Morgan fingerprint density at radius 3 is 2.27 bits per heavy atom. The molecule has 1 aromatic carbocycles. The first kappa shape index (κ1) is 15.1. The van der Waals surface area contributed by atoms with Crippen LogP contribution in [0.3, 0.4) is 0 Å². The molecule has 0 bridgehead atoms. The summed E-state index contributed by atoms with van der Waals surface area (Å²) in [6.45, 7) is 2.14. The van der Waals surface area contributed by atoms with Crippen molar-refractivity contribution in [2.75, 3.05) is 0 Å². The van der Waals surface area contributed by atoms with Gasteiger partial charge in [-0.3, -0.25) is 0 Å². The second-order valence-corrected chi connectivity index (χ2v) is 2.54. The van der Waals surface area contributed by atoms with Gasteiger partial charge in [0, 0.05) is 0 Å². The van der Waals surface area contributed by atoms with Crippen LogP contribution in [0.15, 0.2) is 24.3 Å². The summed E-state index contributed by atoms with van der Waals surface area (Å²) in [7, 11) is 4.21. The number of benzene rings is 1. The largest absolute Gasteiger partial charge is 1.45 e. The van der Waals surface area contributed by atoms with Crippen LogP contribution in [-0.2, 0) is 6.42 Å². The molecule has 0 fully saturated rings. The molecule has 11 heavy (non-hydrogen) atoms. The van der Waals surface area contributed by atoms with Crippen molar-refractivity contribution in [2.24, 2.45) is 0 Å². The van der Waals surface area contributed by atoms with Crippen LogP contribution in [0.1, 0.15) is 12.5 Å². The number of rotatable bonds is 1. The van der Waals surface area contributed by atoms with Crippen LogP contribution < -0.4 is 64.4 Å². The van der Waals surface area contributed by atoms with Gasteiger partial charge in [0.1, 0.15) is 0 Å². The molecule has 0 N–H and O–H groups in total.